The Kier molecular flexibility index (Phi) is 3.50. The molecule has 0 saturated carbocycles. The molecule has 3 rings (SSSR count). The number of hydrogen-bond donors (Lipinski definition) is 1. The molecule has 1 aromatic heterocycles. The molecule has 1 unspecified atom stereocenters. The van der Waals surface area contributed by atoms with Gasteiger partial charge >= 0.3 is 0 Å². The van der Waals surface area contributed by atoms with Gasteiger partial charge < -0.3 is 14.6 Å². The van der Waals surface area contributed by atoms with Crippen LogP contribution in [0.1, 0.15) is 24.3 Å². The van der Waals surface area contributed by atoms with Crippen molar-refractivity contribution < 1.29 is 14.6 Å². The maximum atomic E-state index is 9.43. The van der Waals surface area contributed by atoms with Crippen molar-refractivity contribution >= 4 is 11.6 Å². The van der Waals surface area contributed by atoms with Gasteiger partial charge in [0.1, 0.15) is 18.9 Å². The first-order valence-electron chi connectivity index (χ1n) is 6.29. The molecule has 2 aromatic rings. The number of rotatable bonds is 3. The second-order valence-electron chi connectivity index (χ2n) is 4.62. The number of aromatic nitrogens is 3. The SMILES string of the molecule is CC(O)c1cn(Cc2cc(Cl)c3c(c2)OCCO3)nn1. The Morgan fingerprint density at radius 1 is 1.40 bits per heavy atom. The molecular formula is C13H14ClN3O3. The van der Waals surface area contributed by atoms with Crippen LogP contribution in [0.15, 0.2) is 18.3 Å². The standard InChI is InChI=1S/C13H14ClN3O3/c1-8(18)11-7-17(16-15-11)6-9-4-10(14)13-12(5-9)19-2-3-20-13/h4-5,7-8,18H,2-3,6H2,1H3. The van der Waals surface area contributed by atoms with Gasteiger partial charge in [0.25, 0.3) is 0 Å². The lowest BCUT2D eigenvalue weighted by molar-refractivity contribution is 0.171. The molecular weight excluding hydrogens is 282 g/mol. The molecule has 106 valence electrons. The number of aliphatic hydroxyl groups is 1. The first kappa shape index (κ1) is 13.2. The predicted octanol–water partition coefficient (Wildman–Crippen LogP) is 1.80. The van der Waals surface area contributed by atoms with Gasteiger partial charge in [0, 0.05) is 0 Å². The van der Waals surface area contributed by atoms with Crippen LogP contribution in [0.3, 0.4) is 0 Å². The van der Waals surface area contributed by atoms with Gasteiger partial charge in [-0.15, -0.1) is 5.10 Å². The van der Waals surface area contributed by atoms with Crippen molar-refractivity contribution in [1.29, 1.82) is 0 Å². The highest BCUT2D eigenvalue weighted by molar-refractivity contribution is 6.32. The molecule has 0 amide bonds. The van der Waals surface area contributed by atoms with E-state index in [0.29, 0.717) is 42.0 Å². The van der Waals surface area contributed by atoms with Crippen LogP contribution >= 0.6 is 11.6 Å². The molecule has 0 radical (unpaired) electrons. The molecule has 1 atom stereocenters. The van der Waals surface area contributed by atoms with Gasteiger partial charge in [0.2, 0.25) is 0 Å². The highest BCUT2D eigenvalue weighted by atomic mass is 35.5. The summed E-state index contributed by atoms with van der Waals surface area (Å²) in [5.74, 6) is 1.24. The van der Waals surface area contributed by atoms with Crippen molar-refractivity contribution in [2.45, 2.75) is 19.6 Å². The smallest absolute Gasteiger partial charge is 0.179 e. The number of aliphatic hydroxyl groups excluding tert-OH is 1. The number of ether oxygens (including phenoxy) is 2. The first-order valence-corrected chi connectivity index (χ1v) is 6.67. The van der Waals surface area contributed by atoms with Gasteiger partial charge in [-0.1, -0.05) is 16.8 Å². The lowest BCUT2D eigenvalue weighted by Gasteiger charge is -2.20. The van der Waals surface area contributed by atoms with Crippen LogP contribution in [0.25, 0.3) is 0 Å². The Morgan fingerprint density at radius 2 is 2.20 bits per heavy atom. The topological polar surface area (TPSA) is 69.4 Å². The molecule has 0 aliphatic carbocycles. The van der Waals surface area contributed by atoms with E-state index in [0.717, 1.165) is 5.56 Å². The lowest BCUT2D eigenvalue weighted by atomic mass is 10.2. The van der Waals surface area contributed by atoms with E-state index in [1.165, 1.54) is 0 Å². The average Bonchev–Trinajstić information content (AvgIpc) is 2.87. The minimum absolute atomic E-state index is 0.496. The second-order valence-corrected chi connectivity index (χ2v) is 5.03. The van der Waals surface area contributed by atoms with E-state index in [2.05, 4.69) is 10.3 Å². The van der Waals surface area contributed by atoms with E-state index in [9.17, 15) is 5.11 Å². The molecule has 0 saturated heterocycles. The number of halogens is 1. The van der Waals surface area contributed by atoms with Gasteiger partial charge in [-0.25, -0.2) is 4.68 Å². The Bertz CT molecular complexity index is 627. The molecule has 0 spiro atoms. The maximum absolute atomic E-state index is 9.43. The Morgan fingerprint density at radius 3 is 2.95 bits per heavy atom. The molecule has 7 heteroatoms. The number of fused-ring (bicyclic) bond motifs is 1. The predicted molar refractivity (Wildman–Crippen MR) is 72.2 cm³/mol. The zero-order valence-corrected chi connectivity index (χ0v) is 11.7. The van der Waals surface area contributed by atoms with Crippen LogP contribution in [-0.2, 0) is 6.54 Å². The number of hydrogen-bond acceptors (Lipinski definition) is 5. The summed E-state index contributed by atoms with van der Waals surface area (Å²) in [6, 6.07) is 3.70. The molecule has 6 nitrogen and oxygen atoms in total. The summed E-state index contributed by atoms with van der Waals surface area (Å²) in [5.41, 5.74) is 1.47. The third-order valence-electron chi connectivity index (χ3n) is 2.99. The van der Waals surface area contributed by atoms with Gasteiger partial charge in [-0.3, -0.25) is 0 Å². The summed E-state index contributed by atoms with van der Waals surface area (Å²) < 4.78 is 12.6. The van der Waals surface area contributed by atoms with Gasteiger partial charge in [0.05, 0.1) is 23.9 Å². The third-order valence-corrected chi connectivity index (χ3v) is 3.27. The second kappa shape index (κ2) is 5.30. The summed E-state index contributed by atoms with van der Waals surface area (Å²) in [6.07, 6.45) is 1.07. The molecule has 1 aromatic carbocycles. The van der Waals surface area contributed by atoms with E-state index < -0.39 is 6.10 Å². The summed E-state index contributed by atoms with van der Waals surface area (Å²) in [4.78, 5) is 0. The average molecular weight is 296 g/mol. The van der Waals surface area contributed by atoms with Crippen LogP contribution in [0, 0.1) is 0 Å². The Labute approximate surface area is 120 Å². The van der Waals surface area contributed by atoms with Gasteiger partial charge in [-0.2, -0.15) is 0 Å². The summed E-state index contributed by atoms with van der Waals surface area (Å²) in [7, 11) is 0. The zero-order valence-electron chi connectivity index (χ0n) is 10.9. The number of nitrogens with zero attached hydrogens (tertiary/aromatic N) is 3. The quantitative estimate of drug-likeness (QED) is 0.935. The van der Waals surface area contributed by atoms with Crippen molar-refractivity contribution in [2.75, 3.05) is 13.2 Å². The minimum atomic E-state index is -0.632. The van der Waals surface area contributed by atoms with E-state index in [1.54, 1.807) is 17.8 Å². The highest BCUT2D eigenvalue weighted by Gasteiger charge is 2.17. The van der Waals surface area contributed by atoms with Gasteiger partial charge in [-0.05, 0) is 24.6 Å². The van der Waals surface area contributed by atoms with Crippen LogP contribution in [-0.4, -0.2) is 33.3 Å². The molecule has 1 aliphatic heterocycles. The zero-order chi connectivity index (χ0) is 14.1. The maximum Gasteiger partial charge on any atom is 0.179 e. The first-order chi connectivity index (χ1) is 9.63. The largest absolute Gasteiger partial charge is 0.486 e. The molecule has 20 heavy (non-hydrogen) atoms. The van der Waals surface area contributed by atoms with Crippen LogP contribution in [0.4, 0.5) is 0 Å². The molecule has 0 fully saturated rings. The molecule has 0 bridgehead atoms. The molecule has 1 aliphatic rings. The normalized spacial score (nSPS) is 15.2. The minimum Gasteiger partial charge on any atom is -0.486 e. The van der Waals surface area contributed by atoms with E-state index >= 15 is 0 Å². The molecule has 1 N–H and O–H groups in total. The van der Waals surface area contributed by atoms with Gasteiger partial charge in [0.15, 0.2) is 11.5 Å². The van der Waals surface area contributed by atoms with Crippen molar-refractivity contribution in [2.24, 2.45) is 0 Å². The fraction of sp³-hybridized carbons (Fsp3) is 0.385. The Balaban J connectivity index is 1.85. The fourth-order valence-corrected chi connectivity index (χ4v) is 2.31. The van der Waals surface area contributed by atoms with E-state index in [-0.39, 0.29) is 0 Å². The van der Waals surface area contributed by atoms with Crippen molar-refractivity contribution in [3.05, 3.63) is 34.6 Å². The van der Waals surface area contributed by atoms with E-state index in [4.69, 9.17) is 21.1 Å². The van der Waals surface area contributed by atoms with Crippen LogP contribution < -0.4 is 9.47 Å². The van der Waals surface area contributed by atoms with Crippen LogP contribution in [0.5, 0.6) is 11.5 Å². The summed E-state index contributed by atoms with van der Waals surface area (Å²) in [6.45, 7) is 3.17. The monoisotopic (exact) mass is 295 g/mol. The fourth-order valence-electron chi connectivity index (χ4n) is 2.02. The van der Waals surface area contributed by atoms with Crippen LogP contribution in [0.2, 0.25) is 5.02 Å². The highest BCUT2D eigenvalue weighted by Crippen LogP contribution is 2.38. The molecule has 2 heterocycles. The van der Waals surface area contributed by atoms with E-state index in [1.807, 2.05) is 12.1 Å². The lowest BCUT2D eigenvalue weighted by Crippen LogP contribution is -2.16. The third kappa shape index (κ3) is 2.57. The summed E-state index contributed by atoms with van der Waals surface area (Å²) >= 11 is 6.18. The Hall–Kier alpha value is -1.79. The number of benzene rings is 1. The van der Waals surface area contributed by atoms with Crippen molar-refractivity contribution in [3.63, 3.8) is 0 Å². The summed E-state index contributed by atoms with van der Waals surface area (Å²) in [5, 5.41) is 17.8. The van der Waals surface area contributed by atoms with Crippen molar-refractivity contribution in [1.82, 2.24) is 15.0 Å². The van der Waals surface area contributed by atoms with Crippen molar-refractivity contribution in [3.8, 4) is 11.5 Å².